The quantitative estimate of drug-likeness (QED) is 0.777. The molecule has 0 spiro atoms. The number of likely N-dealkylation sites (tertiary alicyclic amines) is 1. The highest BCUT2D eigenvalue weighted by atomic mass is 19.4. The predicted octanol–water partition coefficient (Wildman–Crippen LogP) is 4.74. The summed E-state index contributed by atoms with van der Waals surface area (Å²) in [6, 6.07) is 8.36. The van der Waals surface area contributed by atoms with Gasteiger partial charge in [0.05, 0.1) is 6.07 Å². The summed E-state index contributed by atoms with van der Waals surface area (Å²) < 4.78 is 40.4. The molecular weight excluding hydrogens is 317 g/mol. The van der Waals surface area contributed by atoms with Gasteiger partial charge in [0.2, 0.25) is 0 Å². The lowest BCUT2D eigenvalue weighted by Gasteiger charge is -2.43. The number of halogens is 3. The van der Waals surface area contributed by atoms with Crippen molar-refractivity contribution in [2.45, 2.75) is 46.0 Å². The largest absolute Gasteiger partial charge is 0.573 e. The molecule has 1 heterocycles. The first kappa shape index (κ1) is 18.6. The number of hydrogen-bond donors (Lipinski definition) is 0. The minimum Gasteiger partial charge on any atom is -0.406 e. The second kappa shape index (κ2) is 7.43. The third kappa shape index (κ3) is 4.88. The van der Waals surface area contributed by atoms with E-state index < -0.39 is 6.36 Å². The Balaban J connectivity index is 1.91. The van der Waals surface area contributed by atoms with Gasteiger partial charge in [-0.2, -0.15) is 5.26 Å². The lowest BCUT2D eigenvalue weighted by atomic mass is 9.68. The second-order valence-electron chi connectivity index (χ2n) is 6.82. The summed E-state index contributed by atoms with van der Waals surface area (Å²) in [6.45, 7) is 6.85. The van der Waals surface area contributed by atoms with Gasteiger partial charge < -0.3 is 4.74 Å². The third-order valence-electron chi connectivity index (χ3n) is 5.07. The van der Waals surface area contributed by atoms with Crippen LogP contribution in [0.5, 0.6) is 5.75 Å². The van der Waals surface area contributed by atoms with Crippen LogP contribution in [0.1, 0.15) is 38.7 Å². The Bertz CT molecular complexity index is 567. The van der Waals surface area contributed by atoms with Crippen molar-refractivity contribution >= 4 is 0 Å². The maximum atomic E-state index is 12.2. The fraction of sp³-hybridized carbons (Fsp3) is 0.611. The van der Waals surface area contributed by atoms with E-state index in [1.807, 2.05) is 0 Å². The molecule has 0 aliphatic carbocycles. The zero-order valence-corrected chi connectivity index (χ0v) is 14.1. The Morgan fingerprint density at radius 2 is 1.79 bits per heavy atom. The van der Waals surface area contributed by atoms with Crippen LogP contribution in [0.15, 0.2) is 24.3 Å². The van der Waals surface area contributed by atoms with Gasteiger partial charge in [0.1, 0.15) is 5.75 Å². The molecule has 1 fully saturated rings. The van der Waals surface area contributed by atoms with Crippen molar-refractivity contribution in [1.29, 1.82) is 5.26 Å². The normalized spacial score (nSPS) is 18.4. The minimum absolute atomic E-state index is 0.0929. The van der Waals surface area contributed by atoms with E-state index in [9.17, 15) is 13.2 Å². The summed E-state index contributed by atoms with van der Waals surface area (Å²) in [4.78, 5) is 2.29. The van der Waals surface area contributed by atoms with E-state index >= 15 is 0 Å². The van der Waals surface area contributed by atoms with Crippen molar-refractivity contribution in [3.05, 3.63) is 29.8 Å². The summed E-state index contributed by atoms with van der Waals surface area (Å²) in [5, 5.41) is 9.08. The van der Waals surface area contributed by atoms with Crippen molar-refractivity contribution < 1.29 is 17.9 Å². The van der Waals surface area contributed by atoms with Crippen LogP contribution in [-0.4, -0.2) is 24.4 Å². The molecule has 24 heavy (non-hydrogen) atoms. The number of nitrogens with zero attached hydrogens (tertiary/aromatic N) is 2. The van der Waals surface area contributed by atoms with Crippen molar-refractivity contribution in [2.75, 3.05) is 13.1 Å². The van der Waals surface area contributed by atoms with E-state index in [1.54, 1.807) is 12.1 Å². The predicted molar refractivity (Wildman–Crippen MR) is 85.1 cm³/mol. The number of nitriles is 1. The maximum Gasteiger partial charge on any atom is 0.573 e. The van der Waals surface area contributed by atoms with Crippen LogP contribution < -0.4 is 4.74 Å². The van der Waals surface area contributed by atoms with E-state index in [1.165, 1.54) is 12.1 Å². The Morgan fingerprint density at radius 3 is 2.25 bits per heavy atom. The molecule has 1 aliphatic rings. The van der Waals surface area contributed by atoms with Crippen LogP contribution in [0.25, 0.3) is 0 Å². The van der Waals surface area contributed by atoms with Crippen LogP contribution in [0.2, 0.25) is 0 Å². The first-order valence-corrected chi connectivity index (χ1v) is 8.18. The number of hydrogen-bond acceptors (Lipinski definition) is 3. The molecule has 0 bridgehead atoms. The molecule has 0 N–H and O–H groups in total. The summed E-state index contributed by atoms with van der Waals surface area (Å²) in [5.41, 5.74) is 1.05. The summed E-state index contributed by atoms with van der Waals surface area (Å²) >= 11 is 0. The standard InChI is InChI=1S/C18H23F3N2O/c1-14(2)17(7-10-22)8-11-23(12-9-17)13-15-3-5-16(6-4-15)24-18(19,20)21/h3-6,14H,7-9,11-13H2,1-2H3. The van der Waals surface area contributed by atoms with E-state index in [4.69, 9.17) is 5.26 Å². The van der Waals surface area contributed by atoms with Crippen LogP contribution in [-0.2, 0) is 6.54 Å². The fourth-order valence-electron chi connectivity index (χ4n) is 3.33. The van der Waals surface area contributed by atoms with Gasteiger partial charge in [-0.15, -0.1) is 13.2 Å². The molecule has 0 aromatic heterocycles. The molecule has 0 unspecified atom stereocenters. The highest BCUT2D eigenvalue weighted by molar-refractivity contribution is 5.27. The molecule has 1 aromatic carbocycles. The van der Waals surface area contributed by atoms with Crippen molar-refractivity contribution in [2.24, 2.45) is 11.3 Å². The molecular formula is C18H23F3N2O. The van der Waals surface area contributed by atoms with Gasteiger partial charge in [0.25, 0.3) is 0 Å². The van der Waals surface area contributed by atoms with Crippen LogP contribution in [0.4, 0.5) is 13.2 Å². The Kier molecular flexibility index (Phi) is 5.76. The summed E-state index contributed by atoms with van der Waals surface area (Å²) in [7, 11) is 0. The molecule has 0 amide bonds. The Labute approximate surface area is 141 Å². The first-order chi connectivity index (χ1) is 11.2. The SMILES string of the molecule is CC(C)C1(CC#N)CCN(Cc2ccc(OC(F)(F)F)cc2)CC1. The third-order valence-corrected chi connectivity index (χ3v) is 5.07. The molecule has 1 aromatic rings. The molecule has 0 saturated carbocycles. The smallest absolute Gasteiger partial charge is 0.406 e. The molecule has 1 aliphatic heterocycles. The number of ether oxygens (including phenoxy) is 1. The van der Waals surface area contributed by atoms with Crippen LogP contribution >= 0.6 is 0 Å². The van der Waals surface area contributed by atoms with Gasteiger partial charge in [-0.25, -0.2) is 0 Å². The van der Waals surface area contributed by atoms with Gasteiger partial charge in [-0.1, -0.05) is 26.0 Å². The van der Waals surface area contributed by atoms with Crippen molar-refractivity contribution in [3.63, 3.8) is 0 Å². The minimum atomic E-state index is -4.66. The zero-order chi connectivity index (χ0) is 17.8. The van der Waals surface area contributed by atoms with Gasteiger partial charge in [0, 0.05) is 13.0 Å². The fourth-order valence-corrected chi connectivity index (χ4v) is 3.33. The zero-order valence-electron chi connectivity index (χ0n) is 14.1. The first-order valence-electron chi connectivity index (χ1n) is 8.18. The number of rotatable bonds is 5. The lowest BCUT2D eigenvalue weighted by Crippen LogP contribution is -2.42. The number of benzene rings is 1. The second-order valence-corrected chi connectivity index (χ2v) is 6.82. The van der Waals surface area contributed by atoms with Crippen LogP contribution in [0, 0.1) is 22.7 Å². The van der Waals surface area contributed by atoms with E-state index in [-0.39, 0.29) is 11.2 Å². The van der Waals surface area contributed by atoms with Crippen molar-refractivity contribution in [1.82, 2.24) is 4.90 Å². The van der Waals surface area contributed by atoms with E-state index in [2.05, 4.69) is 29.6 Å². The average molecular weight is 340 g/mol. The van der Waals surface area contributed by atoms with Gasteiger partial charge in [-0.05, 0) is 55.0 Å². The van der Waals surface area contributed by atoms with Gasteiger partial charge in [0.15, 0.2) is 0 Å². The highest BCUT2D eigenvalue weighted by Gasteiger charge is 2.37. The average Bonchev–Trinajstić information content (AvgIpc) is 2.50. The monoisotopic (exact) mass is 340 g/mol. The lowest BCUT2D eigenvalue weighted by molar-refractivity contribution is -0.274. The molecule has 3 nitrogen and oxygen atoms in total. The maximum absolute atomic E-state index is 12.2. The molecule has 132 valence electrons. The number of piperidine rings is 1. The topological polar surface area (TPSA) is 36.3 Å². The number of alkyl halides is 3. The molecule has 1 saturated heterocycles. The Morgan fingerprint density at radius 1 is 1.21 bits per heavy atom. The van der Waals surface area contributed by atoms with Crippen molar-refractivity contribution in [3.8, 4) is 11.8 Å². The summed E-state index contributed by atoms with van der Waals surface area (Å²) in [6.07, 6.45) is -2.11. The van der Waals surface area contributed by atoms with Crippen LogP contribution in [0.3, 0.4) is 0 Å². The molecule has 0 atom stereocenters. The molecule has 0 radical (unpaired) electrons. The Hall–Kier alpha value is -1.74. The van der Waals surface area contributed by atoms with Gasteiger partial charge >= 0.3 is 6.36 Å². The van der Waals surface area contributed by atoms with E-state index in [0.717, 1.165) is 31.5 Å². The molecule has 2 rings (SSSR count). The molecule has 6 heteroatoms. The summed E-state index contributed by atoms with van der Waals surface area (Å²) in [5.74, 6) is 0.274. The van der Waals surface area contributed by atoms with E-state index in [0.29, 0.717) is 18.9 Å². The van der Waals surface area contributed by atoms with Gasteiger partial charge in [-0.3, -0.25) is 4.90 Å². The highest BCUT2D eigenvalue weighted by Crippen LogP contribution is 2.41.